The normalized spacial score (nSPS) is 28.2. The second-order valence-corrected chi connectivity index (χ2v) is 7.32. The number of piperidine rings is 2. The first-order valence-electron chi connectivity index (χ1n) is 9.41. The molecule has 134 valence electrons. The van der Waals surface area contributed by atoms with E-state index in [1.807, 2.05) is 7.05 Å². The third kappa shape index (κ3) is 5.96. The Balaban J connectivity index is 1.69. The maximum atomic E-state index is 5.73. The SMILES string of the molecule is CCOC1CCN(C(=NC)NCCN2CC(C)CC(C)C2)CC1. The molecule has 0 spiro atoms. The molecule has 0 radical (unpaired) electrons. The fraction of sp³-hybridized carbons (Fsp3) is 0.944. The van der Waals surface area contributed by atoms with Crippen LogP contribution in [0.2, 0.25) is 0 Å². The molecule has 0 bridgehead atoms. The summed E-state index contributed by atoms with van der Waals surface area (Å²) in [6.07, 6.45) is 4.02. The minimum Gasteiger partial charge on any atom is -0.378 e. The number of hydrogen-bond donors (Lipinski definition) is 1. The van der Waals surface area contributed by atoms with E-state index in [9.17, 15) is 0 Å². The van der Waals surface area contributed by atoms with E-state index in [2.05, 4.69) is 40.9 Å². The number of guanidine groups is 1. The highest BCUT2D eigenvalue weighted by Crippen LogP contribution is 2.20. The van der Waals surface area contributed by atoms with Crippen molar-refractivity contribution in [3.8, 4) is 0 Å². The summed E-state index contributed by atoms with van der Waals surface area (Å²) in [7, 11) is 1.89. The molecular formula is C18H36N4O. The molecule has 5 nitrogen and oxygen atoms in total. The molecule has 1 N–H and O–H groups in total. The van der Waals surface area contributed by atoms with E-state index in [1.165, 1.54) is 19.5 Å². The van der Waals surface area contributed by atoms with E-state index < -0.39 is 0 Å². The molecule has 2 unspecified atom stereocenters. The number of nitrogens with one attached hydrogen (secondary N) is 1. The van der Waals surface area contributed by atoms with Crippen LogP contribution >= 0.6 is 0 Å². The predicted octanol–water partition coefficient (Wildman–Crippen LogP) is 2.04. The summed E-state index contributed by atoms with van der Waals surface area (Å²) in [5.74, 6) is 2.71. The van der Waals surface area contributed by atoms with Gasteiger partial charge in [-0.2, -0.15) is 0 Å². The molecule has 2 aliphatic rings. The Labute approximate surface area is 142 Å². The highest BCUT2D eigenvalue weighted by Gasteiger charge is 2.23. The summed E-state index contributed by atoms with van der Waals surface area (Å²) in [6, 6.07) is 0. The van der Waals surface area contributed by atoms with Crippen LogP contribution in [0.5, 0.6) is 0 Å². The van der Waals surface area contributed by atoms with Gasteiger partial charge in [0.1, 0.15) is 0 Å². The Morgan fingerprint density at radius 1 is 1.17 bits per heavy atom. The van der Waals surface area contributed by atoms with Crippen LogP contribution in [-0.2, 0) is 4.74 Å². The van der Waals surface area contributed by atoms with Crippen LogP contribution in [0.1, 0.15) is 40.0 Å². The minimum atomic E-state index is 0.436. The molecule has 2 heterocycles. The van der Waals surface area contributed by atoms with Gasteiger partial charge < -0.3 is 19.9 Å². The molecule has 2 atom stereocenters. The summed E-state index contributed by atoms with van der Waals surface area (Å²) in [6.45, 7) is 14.3. The first-order valence-corrected chi connectivity index (χ1v) is 9.41. The molecule has 2 rings (SSSR count). The van der Waals surface area contributed by atoms with Crippen LogP contribution in [0.15, 0.2) is 4.99 Å². The molecular weight excluding hydrogens is 288 g/mol. The number of hydrogen-bond acceptors (Lipinski definition) is 3. The monoisotopic (exact) mass is 324 g/mol. The first kappa shape index (κ1) is 18.5. The smallest absolute Gasteiger partial charge is 0.193 e. The Hall–Kier alpha value is -0.810. The molecule has 0 aromatic rings. The lowest BCUT2D eigenvalue weighted by molar-refractivity contribution is 0.0263. The quantitative estimate of drug-likeness (QED) is 0.621. The van der Waals surface area contributed by atoms with E-state index in [-0.39, 0.29) is 0 Å². The third-order valence-electron chi connectivity index (χ3n) is 5.01. The number of rotatable bonds is 5. The van der Waals surface area contributed by atoms with Gasteiger partial charge in [-0.3, -0.25) is 4.99 Å². The van der Waals surface area contributed by atoms with Gasteiger partial charge in [-0.15, -0.1) is 0 Å². The highest BCUT2D eigenvalue weighted by molar-refractivity contribution is 5.79. The molecule has 0 amide bonds. The van der Waals surface area contributed by atoms with Gasteiger partial charge in [0.2, 0.25) is 0 Å². The Kier molecular flexibility index (Phi) is 7.63. The fourth-order valence-electron chi connectivity index (χ4n) is 4.10. The van der Waals surface area contributed by atoms with Crippen molar-refractivity contribution in [2.75, 3.05) is 52.9 Å². The summed E-state index contributed by atoms with van der Waals surface area (Å²) >= 11 is 0. The van der Waals surface area contributed by atoms with Gasteiger partial charge in [0.05, 0.1) is 6.10 Å². The maximum Gasteiger partial charge on any atom is 0.193 e. The lowest BCUT2D eigenvalue weighted by atomic mass is 9.92. The Morgan fingerprint density at radius 2 is 1.83 bits per heavy atom. The van der Waals surface area contributed by atoms with Crippen LogP contribution in [-0.4, -0.2) is 74.8 Å². The Bertz CT molecular complexity index is 356. The second kappa shape index (κ2) is 9.48. The highest BCUT2D eigenvalue weighted by atomic mass is 16.5. The second-order valence-electron chi connectivity index (χ2n) is 7.32. The average Bonchev–Trinajstić information content (AvgIpc) is 2.52. The lowest BCUT2D eigenvalue weighted by Gasteiger charge is -2.36. The zero-order valence-electron chi connectivity index (χ0n) is 15.6. The van der Waals surface area contributed by atoms with Gasteiger partial charge >= 0.3 is 0 Å². The molecule has 0 aromatic carbocycles. The number of likely N-dealkylation sites (tertiary alicyclic amines) is 2. The number of aliphatic imine (C=N–C) groups is 1. The summed E-state index contributed by atoms with van der Waals surface area (Å²) in [5.41, 5.74) is 0. The van der Waals surface area contributed by atoms with Crippen molar-refractivity contribution in [2.24, 2.45) is 16.8 Å². The maximum absolute atomic E-state index is 5.73. The zero-order chi connectivity index (χ0) is 16.7. The number of nitrogens with zero attached hydrogens (tertiary/aromatic N) is 3. The topological polar surface area (TPSA) is 40.1 Å². The van der Waals surface area contributed by atoms with Crippen LogP contribution in [0, 0.1) is 11.8 Å². The van der Waals surface area contributed by atoms with Gasteiger partial charge in [-0.05, 0) is 38.0 Å². The van der Waals surface area contributed by atoms with E-state index in [0.717, 1.165) is 63.4 Å². The standard InChI is InChI=1S/C18H36N4O/c1-5-23-17-6-9-22(10-7-17)18(19-4)20-8-11-21-13-15(2)12-16(3)14-21/h15-17H,5-14H2,1-4H3,(H,19,20). The van der Waals surface area contributed by atoms with Crippen molar-refractivity contribution < 1.29 is 4.74 Å². The summed E-state index contributed by atoms with van der Waals surface area (Å²) < 4.78 is 5.73. The van der Waals surface area contributed by atoms with Gasteiger partial charge in [0.25, 0.3) is 0 Å². The molecule has 23 heavy (non-hydrogen) atoms. The summed E-state index contributed by atoms with van der Waals surface area (Å²) in [4.78, 5) is 9.44. The van der Waals surface area contributed by atoms with Gasteiger partial charge in [0.15, 0.2) is 5.96 Å². The van der Waals surface area contributed by atoms with Crippen LogP contribution < -0.4 is 5.32 Å². The van der Waals surface area contributed by atoms with E-state index >= 15 is 0 Å². The van der Waals surface area contributed by atoms with Crippen LogP contribution in [0.3, 0.4) is 0 Å². The minimum absolute atomic E-state index is 0.436. The van der Waals surface area contributed by atoms with E-state index in [0.29, 0.717) is 6.10 Å². The molecule has 2 fully saturated rings. The largest absolute Gasteiger partial charge is 0.378 e. The van der Waals surface area contributed by atoms with Crippen molar-refractivity contribution in [2.45, 2.75) is 46.1 Å². The summed E-state index contributed by atoms with van der Waals surface area (Å²) in [5, 5.41) is 3.56. The van der Waals surface area contributed by atoms with Crippen molar-refractivity contribution in [1.82, 2.24) is 15.1 Å². The zero-order valence-corrected chi connectivity index (χ0v) is 15.6. The van der Waals surface area contributed by atoms with Crippen LogP contribution in [0.4, 0.5) is 0 Å². The van der Waals surface area contributed by atoms with Gasteiger partial charge in [0, 0.05) is 52.9 Å². The van der Waals surface area contributed by atoms with Crippen molar-refractivity contribution in [3.05, 3.63) is 0 Å². The molecule has 2 saturated heterocycles. The molecule has 0 aliphatic carbocycles. The molecule has 5 heteroatoms. The third-order valence-corrected chi connectivity index (χ3v) is 5.01. The van der Waals surface area contributed by atoms with E-state index in [1.54, 1.807) is 0 Å². The van der Waals surface area contributed by atoms with E-state index in [4.69, 9.17) is 4.74 Å². The predicted molar refractivity (Wildman–Crippen MR) is 97.0 cm³/mol. The van der Waals surface area contributed by atoms with Gasteiger partial charge in [-0.1, -0.05) is 13.8 Å². The van der Waals surface area contributed by atoms with Crippen molar-refractivity contribution >= 4 is 5.96 Å². The first-order chi connectivity index (χ1) is 11.1. The molecule has 2 aliphatic heterocycles. The molecule has 0 aromatic heterocycles. The van der Waals surface area contributed by atoms with Crippen LogP contribution in [0.25, 0.3) is 0 Å². The number of ether oxygens (including phenoxy) is 1. The fourth-order valence-corrected chi connectivity index (χ4v) is 4.10. The molecule has 0 saturated carbocycles. The van der Waals surface area contributed by atoms with Crippen molar-refractivity contribution in [1.29, 1.82) is 0 Å². The van der Waals surface area contributed by atoms with Crippen molar-refractivity contribution in [3.63, 3.8) is 0 Å². The average molecular weight is 325 g/mol. The lowest BCUT2D eigenvalue weighted by Crippen LogP contribution is -2.49. The van der Waals surface area contributed by atoms with Gasteiger partial charge in [-0.25, -0.2) is 0 Å². The Morgan fingerprint density at radius 3 is 2.39 bits per heavy atom.